The van der Waals surface area contributed by atoms with E-state index in [0.717, 1.165) is 10.9 Å². The monoisotopic (exact) mass is 218 g/mol. The van der Waals surface area contributed by atoms with E-state index in [2.05, 4.69) is 0 Å². The molecular formula is C12H14N2O2. The number of nitrogens with zero attached hydrogens (tertiary/aromatic N) is 1. The molecule has 16 heavy (non-hydrogen) atoms. The van der Waals surface area contributed by atoms with Crippen molar-refractivity contribution in [2.24, 2.45) is 5.73 Å². The van der Waals surface area contributed by atoms with E-state index in [1.165, 1.54) is 0 Å². The molecule has 4 heteroatoms. The number of benzene rings is 1. The van der Waals surface area contributed by atoms with Gasteiger partial charge in [-0.3, -0.25) is 0 Å². The van der Waals surface area contributed by atoms with Gasteiger partial charge in [-0.2, -0.15) is 0 Å². The molecule has 1 heterocycles. The van der Waals surface area contributed by atoms with Gasteiger partial charge in [-0.25, -0.2) is 4.79 Å². The minimum Gasteiger partial charge on any atom is -0.461 e. The molecule has 0 aliphatic carbocycles. The molecule has 0 unspecified atom stereocenters. The van der Waals surface area contributed by atoms with Crippen molar-refractivity contribution >= 4 is 16.9 Å². The van der Waals surface area contributed by atoms with Gasteiger partial charge in [0, 0.05) is 10.9 Å². The molecule has 2 rings (SSSR count). The Hall–Kier alpha value is -1.81. The summed E-state index contributed by atoms with van der Waals surface area (Å²) >= 11 is 0. The highest BCUT2D eigenvalue weighted by Gasteiger charge is 2.14. The second-order valence-corrected chi connectivity index (χ2v) is 3.42. The highest BCUT2D eigenvalue weighted by molar-refractivity contribution is 5.95. The van der Waals surface area contributed by atoms with Crippen LogP contribution in [0.4, 0.5) is 0 Å². The van der Waals surface area contributed by atoms with Gasteiger partial charge in [-0.05, 0) is 19.1 Å². The normalized spacial score (nSPS) is 10.6. The molecule has 0 atom stereocenters. The fourth-order valence-corrected chi connectivity index (χ4v) is 1.78. The summed E-state index contributed by atoms with van der Waals surface area (Å²) in [4.78, 5) is 11.7. The summed E-state index contributed by atoms with van der Waals surface area (Å²) in [6.07, 6.45) is 0. The molecule has 0 fully saturated rings. The van der Waals surface area contributed by atoms with Gasteiger partial charge in [-0.15, -0.1) is 0 Å². The molecule has 2 aromatic rings. The van der Waals surface area contributed by atoms with E-state index in [1.807, 2.05) is 24.3 Å². The zero-order chi connectivity index (χ0) is 11.5. The maximum Gasteiger partial charge on any atom is 0.355 e. The van der Waals surface area contributed by atoms with Crippen LogP contribution < -0.4 is 5.73 Å². The summed E-state index contributed by atoms with van der Waals surface area (Å²) in [6, 6.07) is 9.54. The lowest BCUT2D eigenvalue weighted by Gasteiger charge is -2.06. The Balaban J connectivity index is 2.56. The molecule has 84 valence electrons. The van der Waals surface area contributed by atoms with E-state index in [0.29, 0.717) is 12.3 Å². The standard InChI is InChI=1S/C12H14N2O2/c1-2-16-12(15)11-7-9-5-3-4-6-10(9)14(11)8-13/h3-7H,2,8,13H2,1H3. The van der Waals surface area contributed by atoms with Crippen LogP contribution in [-0.2, 0) is 11.4 Å². The zero-order valence-electron chi connectivity index (χ0n) is 9.14. The fourth-order valence-electron chi connectivity index (χ4n) is 1.78. The lowest BCUT2D eigenvalue weighted by molar-refractivity contribution is 0.0514. The maximum atomic E-state index is 11.7. The van der Waals surface area contributed by atoms with Crippen LogP contribution in [0.5, 0.6) is 0 Å². The van der Waals surface area contributed by atoms with Crippen LogP contribution in [0.2, 0.25) is 0 Å². The molecule has 0 radical (unpaired) electrons. The second-order valence-electron chi connectivity index (χ2n) is 3.42. The third kappa shape index (κ3) is 1.67. The molecule has 0 spiro atoms. The van der Waals surface area contributed by atoms with Crippen molar-refractivity contribution in [2.75, 3.05) is 6.61 Å². The fraction of sp³-hybridized carbons (Fsp3) is 0.250. The molecule has 0 aliphatic rings. The van der Waals surface area contributed by atoms with E-state index >= 15 is 0 Å². The van der Waals surface area contributed by atoms with Gasteiger partial charge in [0.1, 0.15) is 5.69 Å². The van der Waals surface area contributed by atoms with E-state index in [1.54, 1.807) is 17.6 Å². The summed E-state index contributed by atoms with van der Waals surface area (Å²) in [5.74, 6) is -0.329. The van der Waals surface area contributed by atoms with Crippen molar-refractivity contribution in [3.05, 3.63) is 36.0 Å². The van der Waals surface area contributed by atoms with Gasteiger partial charge in [-0.1, -0.05) is 18.2 Å². The van der Waals surface area contributed by atoms with Crippen molar-refractivity contribution < 1.29 is 9.53 Å². The lowest BCUT2D eigenvalue weighted by Crippen LogP contribution is -2.15. The summed E-state index contributed by atoms with van der Waals surface area (Å²) in [5.41, 5.74) is 7.11. The quantitative estimate of drug-likeness (QED) is 0.798. The highest BCUT2D eigenvalue weighted by atomic mass is 16.5. The molecule has 2 N–H and O–H groups in total. The first-order chi connectivity index (χ1) is 7.77. The van der Waals surface area contributed by atoms with Crippen molar-refractivity contribution in [2.45, 2.75) is 13.6 Å². The van der Waals surface area contributed by atoms with Gasteiger partial charge >= 0.3 is 5.97 Å². The predicted octanol–water partition coefficient (Wildman–Crippen LogP) is 1.73. The highest BCUT2D eigenvalue weighted by Crippen LogP contribution is 2.19. The summed E-state index contributed by atoms with van der Waals surface area (Å²) < 4.78 is 6.74. The van der Waals surface area contributed by atoms with Crippen molar-refractivity contribution in [1.29, 1.82) is 0 Å². The van der Waals surface area contributed by atoms with Crippen molar-refractivity contribution in [3.63, 3.8) is 0 Å². The first kappa shape index (κ1) is 10.7. The number of esters is 1. The van der Waals surface area contributed by atoms with Crippen molar-refractivity contribution in [3.8, 4) is 0 Å². The third-order valence-electron chi connectivity index (χ3n) is 2.48. The van der Waals surface area contributed by atoms with Crippen molar-refractivity contribution in [1.82, 2.24) is 4.57 Å². The Morgan fingerprint density at radius 1 is 1.44 bits per heavy atom. The molecule has 1 aromatic heterocycles. The van der Waals surface area contributed by atoms with Crippen LogP contribution >= 0.6 is 0 Å². The minimum atomic E-state index is -0.329. The first-order valence-electron chi connectivity index (χ1n) is 5.23. The number of nitrogens with two attached hydrogens (primary N) is 1. The number of hydrogen-bond donors (Lipinski definition) is 1. The lowest BCUT2D eigenvalue weighted by atomic mass is 10.2. The van der Waals surface area contributed by atoms with Crippen LogP contribution in [0.1, 0.15) is 17.4 Å². The molecule has 0 amide bonds. The first-order valence-corrected chi connectivity index (χ1v) is 5.23. The second kappa shape index (κ2) is 4.37. The van der Waals surface area contributed by atoms with Gasteiger partial charge in [0.25, 0.3) is 0 Å². The van der Waals surface area contributed by atoms with Crippen LogP contribution in [0.15, 0.2) is 30.3 Å². The van der Waals surface area contributed by atoms with Crippen LogP contribution in [0, 0.1) is 0 Å². The molecule has 0 bridgehead atoms. The van der Waals surface area contributed by atoms with E-state index in [9.17, 15) is 4.79 Å². The van der Waals surface area contributed by atoms with Crippen LogP contribution in [0.3, 0.4) is 0 Å². The Morgan fingerprint density at radius 3 is 2.88 bits per heavy atom. The number of fused-ring (bicyclic) bond motifs is 1. The third-order valence-corrected chi connectivity index (χ3v) is 2.48. The summed E-state index contributed by atoms with van der Waals surface area (Å²) in [6.45, 7) is 2.42. The van der Waals surface area contributed by atoms with E-state index in [4.69, 9.17) is 10.5 Å². The van der Waals surface area contributed by atoms with Gasteiger partial charge < -0.3 is 15.0 Å². The van der Waals surface area contributed by atoms with Crippen LogP contribution in [-0.4, -0.2) is 17.1 Å². The molecule has 0 saturated heterocycles. The van der Waals surface area contributed by atoms with E-state index < -0.39 is 0 Å². The average Bonchev–Trinajstić information content (AvgIpc) is 2.67. The number of rotatable bonds is 3. The Morgan fingerprint density at radius 2 is 2.19 bits per heavy atom. The zero-order valence-corrected chi connectivity index (χ0v) is 9.14. The Kier molecular flexibility index (Phi) is 2.92. The van der Waals surface area contributed by atoms with Gasteiger partial charge in [0.2, 0.25) is 0 Å². The number of carbonyl (C=O) groups excluding carboxylic acids is 1. The smallest absolute Gasteiger partial charge is 0.355 e. The number of para-hydroxylation sites is 1. The molecule has 0 saturated carbocycles. The Labute approximate surface area is 93.6 Å². The predicted molar refractivity (Wildman–Crippen MR) is 62.1 cm³/mol. The minimum absolute atomic E-state index is 0.266. The molecule has 0 aliphatic heterocycles. The molecule has 4 nitrogen and oxygen atoms in total. The number of hydrogen-bond acceptors (Lipinski definition) is 3. The topological polar surface area (TPSA) is 57.2 Å². The molecule has 1 aromatic carbocycles. The van der Waals surface area contributed by atoms with E-state index in [-0.39, 0.29) is 12.6 Å². The average molecular weight is 218 g/mol. The van der Waals surface area contributed by atoms with Gasteiger partial charge in [0.15, 0.2) is 0 Å². The summed E-state index contributed by atoms with van der Waals surface area (Å²) in [7, 11) is 0. The number of carbonyl (C=O) groups is 1. The SMILES string of the molecule is CCOC(=O)c1cc2ccccc2n1CN. The maximum absolute atomic E-state index is 11.7. The number of ether oxygens (including phenoxy) is 1. The summed E-state index contributed by atoms with van der Waals surface area (Å²) in [5, 5.41) is 0.996. The number of aromatic nitrogens is 1. The largest absolute Gasteiger partial charge is 0.461 e. The molecular weight excluding hydrogens is 204 g/mol. The van der Waals surface area contributed by atoms with Crippen LogP contribution in [0.25, 0.3) is 10.9 Å². The van der Waals surface area contributed by atoms with Gasteiger partial charge in [0.05, 0.1) is 13.3 Å². The Bertz CT molecular complexity index is 517.